The first-order valence-electron chi connectivity index (χ1n) is 8.91. The molecule has 0 spiro atoms. The summed E-state index contributed by atoms with van der Waals surface area (Å²) in [6.45, 7) is 6.95. The molecule has 3 rings (SSSR count). The summed E-state index contributed by atoms with van der Waals surface area (Å²) in [6, 6.07) is 8.77. The van der Waals surface area contributed by atoms with Crippen molar-refractivity contribution in [1.82, 2.24) is 5.32 Å². The Morgan fingerprint density at radius 2 is 1.48 bits per heavy atom. The Hall–Kier alpha value is -0.820. The van der Waals surface area contributed by atoms with Gasteiger partial charge in [0, 0.05) is 12.1 Å². The van der Waals surface area contributed by atoms with E-state index in [1.54, 1.807) is 11.1 Å². The summed E-state index contributed by atoms with van der Waals surface area (Å²) in [6.07, 6.45) is 10.8. The number of aryl methyl sites for hydroxylation is 2. The summed E-state index contributed by atoms with van der Waals surface area (Å²) >= 11 is 0. The molecule has 2 aliphatic carbocycles. The van der Waals surface area contributed by atoms with Crippen LogP contribution < -0.4 is 5.32 Å². The lowest BCUT2D eigenvalue weighted by molar-refractivity contribution is 0.398. The van der Waals surface area contributed by atoms with Crippen molar-refractivity contribution in [3.63, 3.8) is 0 Å². The van der Waals surface area contributed by atoms with Crippen molar-refractivity contribution in [2.45, 2.75) is 89.6 Å². The molecule has 1 saturated carbocycles. The maximum absolute atomic E-state index is 3.94. The molecular weight excluding hydrogens is 254 g/mol. The number of rotatable bonds is 2. The van der Waals surface area contributed by atoms with Crippen LogP contribution in [0.1, 0.15) is 76.0 Å². The van der Waals surface area contributed by atoms with Gasteiger partial charge in [-0.25, -0.2) is 0 Å². The lowest BCUT2D eigenvalue weighted by atomic mass is 9.84. The zero-order chi connectivity index (χ0) is 14.9. The molecule has 1 N–H and O–H groups in total. The van der Waals surface area contributed by atoms with Crippen LogP contribution in [0, 0.1) is 0 Å². The first-order chi connectivity index (χ1) is 10.0. The molecule has 0 aromatic heterocycles. The Bertz CT molecular complexity index is 477. The van der Waals surface area contributed by atoms with Crippen LogP contribution in [0.2, 0.25) is 0 Å². The van der Waals surface area contributed by atoms with Crippen LogP contribution in [-0.2, 0) is 18.3 Å². The largest absolute Gasteiger partial charge is 0.311 e. The molecule has 0 radical (unpaired) electrons. The molecule has 1 aromatic carbocycles. The highest BCUT2D eigenvalue weighted by molar-refractivity contribution is 5.36. The van der Waals surface area contributed by atoms with Crippen molar-refractivity contribution in [3.8, 4) is 0 Å². The lowest BCUT2D eigenvalue weighted by Crippen LogP contribution is -2.36. The molecule has 1 nitrogen and oxygen atoms in total. The van der Waals surface area contributed by atoms with E-state index < -0.39 is 0 Å². The Balaban J connectivity index is 1.67. The van der Waals surface area contributed by atoms with Gasteiger partial charge in [0.2, 0.25) is 0 Å². The molecule has 1 aromatic rings. The maximum atomic E-state index is 3.94. The first-order valence-corrected chi connectivity index (χ1v) is 8.91. The number of benzene rings is 1. The summed E-state index contributed by atoms with van der Waals surface area (Å²) < 4.78 is 0. The molecule has 0 amide bonds. The van der Waals surface area contributed by atoms with Gasteiger partial charge in [-0.2, -0.15) is 0 Å². The third-order valence-electron chi connectivity index (χ3n) is 5.42. The minimum Gasteiger partial charge on any atom is -0.311 e. The standard InChI is InChI=1S/C20H31N/c1-20(2,3)17-11-8-15-9-12-19(13-10-16(15)14-17)21-18-6-4-5-7-18/h8,11,14,18-19,21H,4-7,9-10,12-13H2,1-3H3. The predicted octanol–water partition coefficient (Wildman–Crippen LogP) is 4.76. The fourth-order valence-corrected chi connectivity index (χ4v) is 3.97. The predicted molar refractivity (Wildman–Crippen MR) is 91.0 cm³/mol. The minimum absolute atomic E-state index is 0.267. The van der Waals surface area contributed by atoms with Crippen LogP contribution in [0.3, 0.4) is 0 Å². The highest BCUT2D eigenvalue weighted by Gasteiger charge is 2.22. The van der Waals surface area contributed by atoms with Crippen molar-refractivity contribution in [2.24, 2.45) is 0 Å². The second-order valence-corrected chi connectivity index (χ2v) is 8.16. The van der Waals surface area contributed by atoms with Crippen LogP contribution in [-0.4, -0.2) is 12.1 Å². The zero-order valence-electron chi connectivity index (χ0n) is 14.0. The lowest BCUT2D eigenvalue weighted by Gasteiger charge is -2.21. The van der Waals surface area contributed by atoms with Crippen LogP contribution in [0.15, 0.2) is 18.2 Å². The van der Waals surface area contributed by atoms with Crippen LogP contribution in [0.5, 0.6) is 0 Å². The van der Waals surface area contributed by atoms with Gasteiger partial charge in [0.05, 0.1) is 0 Å². The summed E-state index contributed by atoms with van der Waals surface area (Å²) in [5.41, 5.74) is 4.96. The molecule has 1 unspecified atom stereocenters. The van der Waals surface area contributed by atoms with Crippen LogP contribution >= 0.6 is 0 Å². The zero-order valence-corrected chi connectivity index (χ0v) is 14.0. The van der Waals surface area contributed by atoms with E-state index in [1.165, 1.54) is 56.9 Å². The number of fused-ring (bicyclic) bond motifs is 1. The molecule has 0 bridgehead atoms. The van der Waals surface area contributed by atoms with Gasteiger partial charge in [-0.05, 0) is 60.6 Å². The molecule has 0 aliphatic heterocycles. The van der Waals surface area contributed by atoms with Gasteiger partial charge in [-0.3, -0.25) is 0 Å². The first kappa shape index (κ1) is 15.1. The van der Waals surface area contributed by atoms with E-state index in [0.29, 0.717) is 0 Å². The van der Waals surface area contributed by atoms with E-state index in [2.05, 4.69) is 44.3 Å². The summed E-state index contributed by atoms with van der Waals surface area (Å²) in [7, 11) is 0. The van der Waals surface area contributed by atoms with E-state index in [1.807, 2.05) is 0 Å². The van der Waals surface area contributed by atoms with Gasteiger partial charge in [0.15, 0.2) is 0 Å². The maximum Gasteiger partial charge on any atom is 0.00759 e. The summed E-state index contributed by atoms with van der Waals surface area (Å²) in [5.74, 6) is 0. The monoisotopic (exact) mass is 285 g/mol. The van der Waals surface area contributed by atoms with Gasteiger partial charge in [-0.1, -0.05) is 51.8 Å². The molecule has 1 heteroatoms. The van der Waals surface area contributed by atoms with Crippen molar-refractivity contribution < 1.29 is 0 Å². The van der Waals surface area contributed by atoms with Gasteiger partial charge >= 0.3 is 0 Å². The highest BCUT2D eigenvalue weighted by Crippen LogP contribution is 2.29. The Kier molecular flexibility index (Phi) is 4.40. The van der Waals surface area contributed by atoms with Crippen LogP contribution in [0.25, 0.3) is 0 Å². The Morgan fingerprint density at radius 3 is 2.14 bits per heavy atom. The third kappa shape index (κ3) is 3.69. The number of nitrogens with one attached hydrogen (secondary N) is 1. The van der Waals surface area contributed by atoms with E-state index >= 15 is 0 Å². The summed E-state index contributed by atoms with van der Waals surface area (Å²) in [4.78, 5) is 0. The smallest absolute Gasteiger partial charge is 0.00759 e. The molecule has 21 heavy (non-hydrogen) atoms. The molecule has 1 fully saturated rings. The van der Waals surface area contributed by atoms with E-state index in [9.17, 15) is 0 Å². The second-order valence-electron chi connectivity index (χ2n) is 8.16. The van der Waals surface area contributed by atoms with Gasteiger partial charge in [0.1, 0.15) is 0 Å². The molecule has 2 aliphatic rings. The number of hydrogen-bond donors (Lipinski definition) is 1. The highest BCUT2D eigenvalue weighted by atomic mass is 15.0. The second kappa shape index (κ2) is 6.12. The van der Waals surface area contributed by atoms with E-state index in [0.717, 1.165) is 12.1 Å². The Morgan fingerprint density at radius 1 is 0.857 bits per heavy atom. The molecule has 1 atom stereocenters. The van der Waals surface area contributed by atoms with E-state index in [-0.39, 0.29) is 5.41 Å². The van der Waals surface area contributed by atoms with Crippen molar-refractivity contribution in [2.75, 3.05) is 0 Å². The topological polar surface area (TPSA) is 12.0 Å². The number of hydrogen-bond acceptors (Lipinski definition) is 1. The molecule has 116 valence electrons. The fraction of sp³-hybridized carbons (Fsp3) is 0.700. The quantitative estimate of drug-likeness (QED) is 0.772. The Labute approximate surface area is 130 Å². The van der Waals surface area contributed by atoms with Gasteiger partial charge in [-0.15, -0.1) is 0 Å². The third-order valence-corrected chi connectivity index (χ3v) is 5.42. The minimum atomic E-state index is 0.267. The normalized spacial score (nSPS) is 23.9. The fourth-order valence-electron chi connectivity index (χ4n) is 3.97. The molecule has 0 heterocycles. The van der Waals surface area contributed by atoms with E-state index in [4.69, 9.17) is 0 Å². The van der Waals surface area contributed by atoms with Crippen molar-refractivity contribution in [3.05, 3.63) is 34.9 Å². The van der Waals surface area contributed by atoms with Crippen molar-refractivity contribution >= 4 is 0 Å². The average Bonchev–Trinajstić information content (AvgIpc) is 2.85. The van der Waals surface area contributed by atoms with Crippen LogP contribution in [0.4, 0.5) is 0 Å². The SMILES string of the molecule is CC(C)(C)c1ccc2c(c1)CCC(NC1CCCC1)CC2. The van der Waals surface area contributed by atoms with Gasteiger partial charge in [0.25, 0.3) is 0 Å². The average molecular weight is 285 g/mol. The van der Waals surface area contributed by atoms with Crippen molar-refractivity contribution in [1.29, 1.82) is 0 Å². The van der Waals surface area contributed by atoms with Gasteiger partial charge < -0.3 is 5.32 Å². The summed E-state index contributed by atoms with van der Waals surface area (Å²) in [5, 5.41) is 3.94. The molecular formula is C20H31N. The molecule has 0 saturated heterocycles.